The number of pyridine rings is 2. The van der Waals surface area contributed by atoms with Crippen LogP contribution in [0.4, 0.5) is 21.1 Å². The van der Waals surface area contributed by atoms with Gasteiger partial charge in [-0.05, 0) is 68.5 Å². The molecule has 0 atom stereocenters. The molecule has 0 aliphatic carbocycles. The maximum atomic E-state index is 12.4. The molecule has 2 heterocycles. The van der Waals surface area contributed by atoms with E-state index < -0.39 is 11.7 Å². The average Bonchev–Trinajstić information content (AvgIpc) is 2.66. The van der Waals surface area contributed by atoms with E-state index in [-0.39, 0.29) is 6.03 Å². The summed E-state index contributed by atoms with van der Waals surface area (Å²) in [5.74, 6) is 0.394. The molecule has 3 rings (SSSR count). The minimum absolute atomic E-state index is 0.367. The van der Waals surface area contributed by atoms with E-state index in [1.807, 2.05) is 25.1 Å². The predicted octanol–water partition coefficient (Wildman–Crippen LogP) is 4.70. The third kappa shape index (κ3) is 5.02. The molecular weight excluding hydrogens is 382 g/mol. The fourth-order valence-electron chi connectivity index (χ4n) is 2.94. The van der Waals surface area contributed by atoms with Gasteiger partial charge in [0.15, 0.2) is 0 Å². The van der Waals surface area contributed by atoms with Crippen molar-refractivity contribution in [1.29, 1.82) is 0 Å². The molecule has 0 aliphatic rings. The lowest BCUT2D eigenvalue weighted by atomic mass is 9.99. The molecule has 3 aromatic rings. The Morgan fingerprint density at radius 1 is 1.07 bits per heavy atom. The molecule has 156 valence electrons. The number of amides is 3. The molecule has 0 fully saturated rings. The van der Waals surface area contributed by atoms with Crippen molar-refractivity contribution in [2.24, 2.45) is 0 Å². The van der Waals surface area contributed by atoms with Crippen LogP contribution in [0.3, 0.4) is 0 Å². The number of carbonyl (C=O) groups excluding carboxylic acids is 2. The van der Waals surface area contributed by atoms with Crippen molar-refractivity contribution < 1.29 is 14.3 Å². The summed E-state index contributed by atoms with van der Waals surface area (Å²) in [7, 11) is 1.53. The molecule has 30 heavy (non-hydrogen) atoms. The molecule has 0 unspecified atom stereocenters. The second-order valence-corrected chi connectivity index (χ2v) is 7.84. The van der Waals surface area contributed by atoms with Crippen molar-refractivity contribution in [3.63, 3.8) is 0 Å². The fourth-order valence-corrected chi connectivity index (χ4v) is 2.94. The van der Waals surface area contributed by atoms with E-state index >= 15 is 0 Å². The molecule has 3 N–H and O–H groups in total. The highest BCUT2D eigenvalue weighted by atomic mass is 16.6. The van der Waals surface area contributed by atoms with Crippen LogP contribution in [-0.4, -0.2) is 34.7 Å². The summed E-state index contributed by atoms with van der Waals surface area (Å²) in [6.45, 7) is 7.41. The second-order valence-electron chi connectivity index (χ2n) is 7.84. The highest BCUT2D eigenvalue weighted by molar-refractivity contribution is 6.04. The number of rotatable bonds is 3. The third-order valence-electron chi connectivity index (χ3n) is 4.29. The molecule has 0 saturated carbocycles. The Morgan fingerprint density at radius 2 is 1.83 bits per heavy atom. The van der Waals surface area contributed by atoms with Gasteiger partial charge in [-0.25, -0.2) is 14.6 Å². The summed E-state index contributed by atoms with van der Waals surface area (Å²) >= 11 is 0. The molecule has 3 amide bonds. The number of fused-ring (bicyclic) bond motifs is 1. The second kappa shape index (κ2) is 8.36. The van der Waals surface area contributed by atoms with Crippen molar-refractivity contribution in [3.8, 4) is 11.1 Å². The van der Waals surface area contributed by atoms with E-state index in [0.717, 1.165) is 22.1 Å². The van der Waals surface area contributed by atoms with E-state index in [2.05, 4.69) is 25.9 Å². The van der Waals surface area contributed by atoms with E-state index in [0.29, 0.717) is 16.9 Å². The van der Waals surface area contributed by atoms with Crippen LogP contribution in [0.2, 0.25) is 0 Å². The average molecular weight is 407 g/mol. The van der Waals surface area contributed by atoms with Gasteiger partial charge in [-0.1, -0.05) is 0 Å². The standard InChI is InChI=1S/C22H25N5O3/c1-13-6-7-24-11-16(13)14-8-15-10-19(27-20(28)23-5)25-12-17(15)18(9-14)26-21(29)30-22(2,3)4/h6-12H,1-5H3,(H,26,29)(H2,23,25,27,28). The van der Waals surface area contributed by atoms with Gasteiger partial charge in [0.25, 0.3) is 0 Å². The van der Waals surface area contributed by atoms with Crippen LogP contribution in [-0.2, 0) is 4.74 Å². The van der Waals surface area contributed by atoms with E-state index in [4.69, 9.17) is 4.74 Å². The first kappa shape index (κ1) is 21.0. The van der Waals surface area contributed by atoms with Crippen LogP contribution in [0.1, 0.15) is 26.3 Å². The number of anilines is 2. The lowest BCUT2D eigenvalue weighted by Gasteiger charge is -2.20. The molecule has 0 spiro atoms. The van der Waals surface area contributed by atoms with Crippen LogP contribution in [0, 0.1) is 6.92 Å². The number of nitrogens with one attached hydrogen (secondary N) is 3. The SMILES string of the molecule is CNC(=O)Nc1cc2cc(-c3cnccc3C)cc(NC(=O)OC(C)(C)C)c2cn1. The summed E-state index contributed by atoms with van der Waals surface area (Å²) in [5.41, 5.74) is 2.78. The molecule has 8 nitrogen and oxygen atoms in total. The number of ether oxygens (including phenoxy) is 1. The summed E-state index contributed by atoms with van der Waals surface area (Å²) in [5, 5.41) is 9.49. The van der Waals surface area contributed by atoms with Crippen molar-refractivity contribution in [1.82, 2.24) is 15.3 Å². The quantitative estimate of drug-likeness (QED) is 0.583. The lowest BCUT2D eigenvalue weighted by molar-refractivity contribution is 0.0636. The fraction of sp³-hybridized carbons (Fsp3) is 0.273. The summed E-state index contributed by atoms with van der Waals surface area (Å²) in [4.78, 5) is 32.6. The largest absolute Gasteiger partial charge is 0.444 e. The molecule has 8 heteroatoms. The normalized spacial score (nSPS) is 11.1. The summed E-state index contributed by atoms with van der Waals surface area (Å²) < 4.78 is 5.40. The van der Waals surface area contributed by atoms with Gasteiger partial charge >= 0.3 is 12.1 Å². The molecule has 2 aromatic heterocycles. The Bertz CT molecular complexity index is 1110. The number of hydrogen-bond acceptors (Lipinski definition) is 5. The van der Waals surface area contributed by atoms with Gasteiger partial charge < -0.3 is 10.1 Å². The first-order valence-electron chi connectivity index (χ1n) is 9.50. The molecule has 0 aliphatic heterocycles. The van der Waals surface area contributed by atoms with Gasteiger partial charge in [0, 0.05) is 36.6 Å². The van der Waals surface area contributed by atoms with Crippen LogP contribution in [0.25, 0.3) is 21.9 Å². The number of hydrogen-bond donors (Lipinski definition) is 3. The first-order valence-corrected chi connectivity index (χ1v) is 9.50. The first-order chi connectivity index (χ1) is 14.2. The number of aromatic nitrogens is 2. The van der Waals surface area contributed by atoms with Gasteiger partial charge in [-0.2, -0.15) is 0 Å². The number of aryl methyl sites for hydroxylation is 1. The van der Waals surface area contributed by atoms with Gasteiger partial charge in [-0.15, -0.1) is 0 Å². The Hall–Kier alpha value is -3.68. The zero-order valence-corrected chi connectivity index (χ0v) is 17.7. The van der Waals surface area contributed by atoms with Crippen molar-refractivity contribution in [2.45, 2.75) is 33.3 Å². The van der Waals surface area contributed by atoms with Crippen LogP contribution >= 0.6 is 0 Å². The number of urea groups is 1. The van der Waals surface area contributed by atoms with Gasteiger partial charge in [-0.3, -0.25) is 15.6 Å². The van der Waals surface area contributed by atoms with Crippen molar-refractivity contribution >= 4 is 34.4 Å². The Balaban J connectivity index is 2.11. The molecule has 0 bridgehead atoms. The van der Waals surface area contributed by atoms with Gasteiger partial charge in [0.05, 0.1) is 5.69 Å². The van der Waals surface area contributed by atoms with E-state index in [1.165, 1.54) is 7.05 Å². The Morgan fingerprint density at radius 3 is 2.50 bits per heavy atom. The minimum Gasteiger partial charge on any atom is -0.444 e. The molecular formula is C22H25N5O3. The highest BCUT2D eigenvalue weighted by Gasteiger charge is 2.18. The van der Waals surface area contributed by atoms with Crippen molar-refractivity contribution in [2.75, 3.05) is 17.7 Å². The topological polar surface area (TPSA) is 105 Å². The van der Waals surface area contributed by atoms with Crippen LogP contribution < -0.4 is 16.0 Å². The van der Waals surface area contributed by atoms with Crippen molar-refractivity contribution in [3.05, 3.63) is 48.4 Å². The number of nitrogens with zero attached hydrogens (tertiary/aromatic N) is 2. The summed E-state index contributed by atoms with van der Waals surface area (Å²) in [6.07, 6.45) is 4.55. The zero-order valence-electron chi connectivity index (χ0n) is 17.7. The zero-order chi connectivity index (χ0) is 21.9. The van der Waals surface area contributed by atoms with Crippen LogP contribution in [0.5, 0.6) is 0 Å². The number of benzene rings is 1. The van der Waals surface area contributed by atoms with Crippen LogP contribution in [0.15, 0.2) is 42.9 Å². The van der Waals surface area contributed by atoms with Gasteiger partial charge in [0.2, 0.25) is 0 Å². The smallest absolute Gasteiger partial charge is 0.412 e. The lowest BCUT2D eigenvalue weighted by Crippen LogP contribution is -2.27. The Kier molecular flexibility index (Phi) is 5.86. The van der Waals surface area contributed by atoms with Gasteiger partial charge in [0.1, 0.15) is 11.4 Å². The van der Waals surface area contributed by atoms with E-state index in [9.17, 15) is 9.59 Å². The maximum absolute atomic E-state index is 12.4. The molecule has 1 aromatic carbocycles. The molecule has 0 saturated heterocycles. The predicted molar refractivity (Wildman–Crippen MR) is 118 cm³/mol. The summed E-state index contributed by atoms with van der Waals surface area (Å²) in [6, 6.07) is 7.14. The molecule has 0 radical (unpaired) electrons. The minimum atomic E-state index is -0.625. The maximum Gasteiger partial charge on any atom is 0.412 e. The third-order valence-corrected chi connectivity index (χ3v) is 4.29. The highest BCUT2D eigenvalue weighted by Crippen LogP contribution is 2.33. The monoisotopic (exact) mass is 407 g/mol. The number of carbonyl (C=O) groups is 2. The van der Waals surface area contributed by atoms with E-state index in [1.54, 1.807) is 45.4 Å². The Labute approximate surface area is 175 Å².